The van der Waals surface area contributed by atoms with Crippen LogP contribution in [-0.4, -0.2) is 37.0 Å². The van der Waals surface area contributed by atoms with Crippen LogP contribution in [0.3, 0.4) is 0 Å². The van der Waals surface area contributed by atoms with Gasteiger partial charge in [-0.3, -0.25) is 4.79 Å². The molecule has 1 saturated carbocycles. The molecule has 0 radical (unpaired) electrons. The van der Waals surface area contributed by atoms with Gasteiger partial charge in [-0.05, 0) is 49.9 Å². The van der Waals surface area contributed by atoms with Crippen LogP contribution >= 0.6 is 0 Å². The van der Waals surface area contributed by atoms with Crippen LogP contribution in [-0.2, 0) is 4.79 Å². The Bertz CT molecular complexity index is 481. The van der Waals surface area contributed by atoms with E-state index in [9.17, 15) is 4.79 Å². The van der Waals surface area contributed by atoms with E-state index in [1.54, 1.807) is 4.90 Å². The Morgan fingerprint density at radius 2 is 1.95 bits per heavy atom. The van der Waals surface area contributed by atoms with Crippen LogP contribution in [0.2, 0.25) is 0 Å². The van der Waals surface area contributed by atoms with Crippen molar-refractivity contribution >= 4 is 5.91 Å². The number of hydrogen-bond acceptors (Lipinski definition) is 3. The van der Waals surface area contributed by atoms with Gasteiger partial charge in [-0.2, -0.15) is 0 Å². The summed E-state index contributed by atoms with van der Waals surface area (Å²) in [7, 11) is 1.83. The van der Waals surface area contributed by atoms with Gasteiger partial charge in [0.05, 0.1) is 12.5 Å². The standard InChI is InChI=1S/C17H26N2O2/c1-12-9-13(2)11-14(10-12)21-8-7-19(3)17(20)15-5-4-6-16(15)18/h9-11,15-16H,4-8,18H2,1-3H3. The van der Waals surface area contributed by atoms with Crippen LogP contribution in [0.15, 0.2) is 18.2 Å². The number of aryl methyl sites for hydroxylation is 2. The van der Waals surface area contributed by atoms with E-state index < -0.39 is 0 Å². The zero-order valence-electron chi connectivity index (χ0n) is 13.3. The molecule has 116 valence electrons. The van der Waals surface area contributed by atoms with Crippen molar-refractivity contribution in [2.75, 3.05) is 20.2 Å². The number of amides is 1. The lowest BCUT2D eigenvalue weighted by molar-refractivity contribution is -0.134. The molecule has 0 saturated heterocycles. The number of ether oxygens (including phenoxy) is 1. The van der Waals surface area contributed by atoms with Gasteiger partial charge in [-0.15, -0.1) is 0 Å². The first kappa shape index (κ1) is 15.8. The highest BCUT2D eigenvalue weighted by atomic mass is 16.5. The summed E-state index contributed by atoms with van der Waals surface area (Å²) in [5.74, 6) is 1.02. The number of likely N-dealkylation sites (N-methyl/N-ethyl adjacent to an activating group) is 1. The van der Waals surface area contributed by atoms with Gasteiger partial charge in [-0.25, -0.2) is 0 Å². The molecule has 21 heavy (non-hydrogen) atoms. The summed E-state index contributed by atoms with van der Waals surface area (Å²) in [4.78, 5) is 14.0. The van der Waals surface area contributed by atoms with Crippen LogP contribution in [0.4, 0.5) is 0 Å². The second-order valence-corrected chi connectivity index (χ2v) is 6.13. The zero-order valence-corrected chi connectivity index (χ0v) is 13.3. The molecule has 1 aromatic rings. The number of carbonyl (C=O) groups excluding carboxylic acids is 1. The fourth-order valence-electron chi connectivity index (χ4n) is 3.01. The van der Waals surface area contributed by atoms with Crippen molar-refractivity contribution in [3.8, 4) is 5.75 Å². The Kier molecular flexibility index (Phi) is 5.23. The van der Waals surface area contributed by atoms with Gasteiger partial charge in [0.15, 0.2) is 0 Å². The quantitative estimate of drug-likeness (QED) is 0.905. The molecule has 0 spiro atoms. The summed E-state index contributed by atoms with van der Waals surface area (Å²) < 4.78 is 5.75. The number of nitrogens with two attached hydrogens (primary N) is 1. The van der Waals surface area contributed by atoms with Crippen molar-refractivity contribution in [3.05, 3.63) is 29.3 Å². The molecule has 1 aliphatic carbocycles. The van der Waals surface area contributed by atoms with Gasteiger partial charge in [0.25, 0.3) is 0 Å². The molecule has 2 unspecified atom stereocenters. The molecule has 2 atom stereocenters. The second-order valence-electron chi connectivity index (χ2n) is 6.13. The molecule has 4 heteroatoms. The maximum absolute atomic E-state index is 12.3. The number of nitrogens with zero attached hydrogens (tertiary/aromatic N) is 1. The summed E-state index contributed by atoms with van der Waals surface area (Å²) in [6.45, 7) is 5.20. The Morgan fingerprint density at radius 3 is 2.52 bits per heavy atom. The van der Waals surface area contributed by atoms with Crippen molar-refractivity contribution in [2.24, 2.45) is 11.7 Å². The summed E-state index contributed by atoms with van der Waals surface area (Å²) in [5, 5.41) is 0. The summed E-state index contributed by atoms with van der Waals surface area (Å²) >= 11 is 0. The molecule has 4 nitrogen and oxygen atoms in total. The molecule has 2 N–H and O–H groups in total. The van der Waals surface area contributed by atoms with Crippen molar-refractivity contribution in [2.45, 2.75) is 39.2 Å². The van der Waals surface area contributed by atoms with Crippen LogP contribution < -0.4 is 10.5 Å². The molecule has 1 aliphatic rings. The van der Waals surface area contributed by atoms with E-state index in [1.165, 1.54) is 11.1 Å². The molecule has 2 rings (SSSR count). The van der Waals surface area contributed by atoms with Crippen molar-refractivity contribution in [1.82, 2.24) is 4.90 Å². The second kappa shape index (κ2) is 6.94. The van der Waals surface area contributed by atoms with Crippen molar-refractivity contribution < 1.29 is 9.53 Å². The third-order valence-corrected chi connectivity index (χ3v) is 4.15. The zero-order chi connectivity index (χ0) is 15.4. The van der Waals surface area contributed by atoms with Crippen molar-refractivity contribution in [1.29, 1.82) is 0 Å². The Morgan fingerprint density at radius 1 is 1.29 bits per heavy atom. The highest BCUT2D eigenvalue weighted by Gasteiger charge is 2.31. The topological polar surface area (TPSA) is 55.6 Å². The predicted octanol–water partition coefficient (Wildman–Crippen LogP) is 2.27. The van der Waals surface area contributed by atoms with E-state index in [-0.39, 0.29) is 17.9 Å². The van der Waals surface area contributed by atoms with E-state index in [2.05, 4.69) is 19.9 Å². The van der Waals surface area contributed by atoms with Gasteiger partial charge < -0.3 is 15.4 Å². The number of hydrogen-bond donors (Lipinski definition) is 1. The Balaban J connectivity index is 1.81. The van der Waals surface area contributed by atoms with Gasteiger partial charge in [0.2, 0.25) is 5.91 Å². The maximum Gasteiger partial charge on any atom is 0.227 e. The molecule has 1 fully saturated rings. The fourth-order valence-corrected chi connectivity index (χ4v) is 3.01. The van der Waals surface area contributed by atoms with Gasteiger partial charge >= 0.3 is 0 Å². The lowest BCUT2D eigenvalue weighted by Gasteiger charge is -2.23. The Labute approximate surface area is 127 Å². The normalized spacial score (nSPS) is 21.3. The maximum atomic E-state index is 12.3. The molecule has 1 amide bonds. The Hall–Kier alpha value is -1.55. The molecule has 0 bridgehead atoms. The van der Waals surface area contributed by atoms with E-state index in [0.717, 1.165) is 25.0 Å². The third kappa shape index (κ3) is 4.21. The number of benzene rings is 1. The van der Waals surface area contributed by atoms with Gasteiger partial charge in [-0.1, -0.05) is 12.5 Å². The number of carbonyl (C=O) groups is 1. The van der Waals surface area contributed by atoms with E-state index in [0.29, 0.717) is 13.2 Å². The van der Waals surface area contributed by atoms with Crippen molar-refractivity contribution in [3.63, 3.8) is 0 Å². The highest BCUT2D eigenvalue weighted by Crippen LogP contribution is 2.25. The van der Waals surface area contributed by atoms with Crippen LogP contribution in [0.1, 0.15) is 30.4 Å². The minimum absolute atomic E-state index is 0.00351. The average molecular weight is 290 g/mol. The fraction of sp³-hybridized carbons (Fsp3) is 0.588. The van der Waals surface area contributed by atoms with E-state index >= 15 is 0 Å². The lowest BCUT2D eigenvalue weighted by Crippen LogP contribution is -2.41. The average Bonchev–Trinajstić information content (AvgIpc) is 2.83. The highest BCUT2D eigenvalue weighted by molar-refractivity contribution is 5.79. The van der Waals surface area contributed by atoms with Gasteiger partial charge in [0.1, 0.15) is 12.4 Å². The molecular weight excluding hydrogens is 264 g/mol. The molecule has 0 aromatic heterocycles. The molecule has 1 aromatic carbocycles. The van der Waals surface area contributed by atoms with Crippen LogP contribution in [0, 0.1) is 19.8 Å². The smallest absolute Gasteiger partial charge is 0.227 e. The van der Waals surface area contributed by atoms with Crippen LogP contribution in [0.25, 0.3) is 0 Å². The first-order valence-electron chi connectivity index (χ1n) is 7.69. The first-order chi connectivity index (χ1) is 9.97. The molecule has 0 aliphatic heterocycles. The van der Waals surface area contributed by atoms with Crippen LogP contribution in [0.5, 0.6) is 5.75 Å². The van der Waals surface area contributed by atoms with E-state index in [4.69, 9.17) is 10.5 Å². The van der Waals surface area contributed by atoms with Gasteiger partial charge in [0, 0.05) is 13.1 Å². The summed E-state index contributed by atoms with van der Waals surface area (Å²) in [6.07, 6.45) is 2.94. The monoisotopic (exact) mass is 290 g/mol. The predicted molar refractivity (Wildman–Crippen MR) is 84.4 cm³/mol. The lowest BCUT2D eigenvalue weighted by atomic mass is 10.0. The molecular formula is C17H26N2O2. The molecule has 0 heterocycles. The minimum Gasteiger partial charge on any atom is -0.492 e. The minimum atomic E-state index is -0.00351. The largest absolute Gasteiger partial charge is 0.492 e. The number of rotatable bonds is 5. The SMILES string of the molecule is Cc1cc(C)cc(OCCN(C)C(=O)C2CCCC2N)c1. The van der Waals surface area contributed by atoms with E-state index in [1.807, 2.05) is 19.2 Å². The first-order valence-corrected chi connectivity index (χ1v) is 7.69. The summed E-state index contributed by atoms with van der Waals surface area (Å²) in [6, 6.07) is 6.17. The summed E-state index contributed by atoms with van der Waals surface area (Å²) in [5.41, 5.74) is 8.36. The third-order valence-electron chi connectivity index (χ3n) is 4.15.